The van der Waals surface area contributed by atoms with Gasteiger partial charge in [-0.05, 0) is 166 Å². The lowest BCUT2D eigenvalue weighted by molar-refractivity contribution is -0.133. The molecule has 106 heavy (non-hydrogen) atoms. The lowest BCUT2D eigenvalue weighted by atomic mass is 9.81. The Labute approximate surface area is 630 Å². The summed E-state index contributed by atoms with van der Waals surface area (Å²) >= 11 is 0. The average molecular weight is 1480 g/mol. The van der Waals surface area contributed by atoms with Gasteiger partial charge in [0.2, 0.25) is 65.0 Å². The molecule has 596 valence electrons. The monoisotopic (exact) mass is 1480 g/mol. The van der Waals surface area contributed by atoms with Gasteiger partial charge < -0.3 is 81.2 Å². The quantitative estimate of drug-likeness (QED) is 0.0318. The molecule has 6 aliphatic rings. The number of nitrogens with one attached hydrogen (secondary N) is 10. The van der Waals surface area contributed by atoms with Crippen LogP contribution in [0.5, 0.6) is 5.75 Å². The lowest BCUT2D eigenvalue weighted by Crippen LogP contribution is -2.55. The highest BCUT2D eigenvalue weighted by atomic mass is 16.3. The number of phenolic OH excluding ortho intramolecular Hbond substituents is 1. The molecule has 0 aromatic heterocycles. The molecular weight excluding hydrogens is 1350 g/mol. The van der Waals surface area contributed by atoms with Gasteiger partial charge in [-0.3, -0.25) is 52.7 Å². The van der Waals surface area contributed by atoms with Gasteiger partial charge in [-0.25, -0.2) is 0 Å². The van der Waals surface area contributed by atoms with E-state index in [1.165, 1.54) is 0 Å². The first-order valence-corrected chi connectivity index (χ1v) is 41.4. The summed E-state index contributed by atoms with van der Waals surface area (Å²) in [6, 6.07) is 1.93. The Kier molecular flexibility index (Phi) is 38.4. The topological polar surface area (TPSA) is 432 Å². The molecule has 26 heteroatoms. The fraction of sp³-hybridized carbons (Fsp3) is 0.787. The van der Waals surface area contributed by atoms with Gasteiger partial charge in [-0.2, -0.15) is 0 Å². The highest BCUT2D eigenvalue weighted by Crippen LogP contribution is 2.33. The maximum absolute atomic E-state index is 14.6. The molecule has 16 atom stereocenters. The zero-order chi connectivity index (χ0) is 76.2. The molecule has 0 radical (unpaired) electrons. The zero-order valence-electron chi connectivity index (χ0n) is 63.8. The summed E-state index contributed by atoms with van der Waals surface area (Å²) in [4.78, 5) is 154. The lowest BCUT2D eigenvalue weighted by Gasteiger charge is -2.36. The van der Waals surface area contributed by atoms with Gasteiger partial charge in [-0.15, -0.1) is 0 Å². The molecule has 6 aliphatic carbocycles. The largest absolute Gasteiger partial charge is 0.508 e. The first-order valence-electron chi connectivity index (χ1n) is 41.4. The minimum atomic E-state index is -0.586. The first kappa shape index (κ1) is 86.3. The van der Waals surface area contributed by atoms with Crippen LogP contribution in [0, 0.1) is 35.5 Å². The molecule has 0 spiro atoms. The van der Waals surface area contributed by atoms with Gasteiger partial charge in [-0.1, -0.05) is 135 Å². The Hall–Kier alpha value is -6.93. The summed E-state index contributed by atoms with van der Waals surface area (Å²) in [6.07, 6.45) is 26.8. The van der Waals surface area contributed by atoms with Crippen LogP contribution in [0.4, 0.5) is 0 Å². The predicted molar refractivity (Wildman–Crippen MR) is 408 cm³/mol. The SMILES string of the molecule is CCCCCCC(=O)N[C@H](CC(=O)N[C@H]1CCCC[C@@H]1C(=O)N[C@H]1CCCC[C@@H]1C(=O)N[C@@H](CCCCN)CC(=O)N[C@H]1CCCC[C@@H]1C(=O)N[C@@H](CCCCN)CC(=O)N[C@H]1CCCC[C@@H]1C(=O)N[C@@H](CCCCN)CC(=O)N[C@H]1CCCC[C@@H]1C(=O)N[C@H]1CCCC[C@@H]1C(N)=O)Cc1ccc(O)cc1. The van der Waals surface area contributed by atoms with Gasteiger partial charge in [0, 0.05) is 92.5 Å². The summed E-state index contributed by atoms with van der Waals surface area (Å²) in [5, 5.41) is 41.7. The van der Waals surface area contributed by atoms with Crippen molar-refractivity contribution in [2.24, 2.45) is 58.4 Å². The van der Waals surface area contributed by atoms with Gasteiger partial charge in [0.05, 0.1) is 35.5 Å². The molecule has 6 fully saturated rings. The number of carbonyl (C=O) groups excluding carboxylic acids is 11. The van der Waals surface area contributed by atoms with Crippen molar-refractivity contribution in [3.05, 3.63) is 29.8 Å². The van der Waals surface area contributed by atoms with Crippen LogP contribution in [-0.2, 0) is 59.2 Å². The Morgan fingerprint density at radius 1 is 0.349 bits per heavy atom. The number of primary amides is 1. The van der Waals surface area contributed by atoms with Crippen LogP contribution in [0.25, 0.3) is 0 Å². The van der Waals surface area contributed by atoms with Gasteiger partial charge in [0.15, 0.2) is 0 Å². The van der Waals surface area contributed by atoms with E-state index in [2.05, 4.69) is 60.1 Å². The zero-order valence-corrected chi connectivity index (χ0v) is 63.8. The molecule has 6 saturated carbocycles. The van der Waals surface area contributed by atoms with Gasteiger partial charge in [0.1, 0.15) is 5.75 Å². The molecule has 0 heterocycles. The van der Waals surface area contributed by atoms with Gasteiger partial charge in [0.25, 0.3) is 0 Å². The van der Waals surface area contributed by atoms with E-state index in [1.807, 2.05) is 0 Å². The Bertz CT molecular complexity index is 2940. The van der Waals surface area contributed by atoms with E-state index in [4.69, 9.17) is 22.9 Å². The number of carbonyl (C=O) groups is 11. The third-order valence-electron chi connectivity index (χ3n) is 23.5. The standard InChI is InChI=1S/C80H134N14O12/c1-2-3-4-5-39-70(96)85-56(47-52-40-42-57(95)43-41-52)51-74(100)92-68-37-16-10-31-62(68)80(106)94-69-38-17-11-32-63(69)78(104)88-55(26-20-23-46-83)50-72(98)90-66-35-14-8-29-60(66)76(102)86-53(24-18-21-44-81)48-71(97)89-65-34-13-7-28-59(65)77(103)87-54(25-19-22-45-82)49-73(99)91-67-36-15-9-30-61(67)79(105)93-64-33-12-6-27-58(64)75(84)101/h40-43,53-56,58-69,95H,2-39,44-51,81-83H2,1H3,(H2,84,101)(H,85,96)(H,86,102)(H,87,103)(H,88,104)(H,89,97)(H,90,98)(H,91,99)(H,92,100)(H,93,105)(H,94,106)/t53-,54-,55-,56-,58-,59-,60-,61-,62-,63-,64-,65-,66-,67-,68-,69-/m0/s1. The number of hydrogen-bond donors (Lipinski definition) is 15. The minimum absolute atomic E-state index is 0.00112. The number of phenols is 1. The third-order valence-corrected chi connectivity index (χ3v) is 23.5. The number of rotatable bonds is 43. The van der Waals surface area contributed by atoms with Crippen molar-refractivity contribution < 1.29 is 57.8 Å². The number of hydrogen-bond acceptors (Lipinski definition) is 15. The number of unbranched alkanes of at least 4 members (excludes halogenated alkanes) is 6. The van der Waals surface area contributed by atoms with E-state index >= 15 is 0 Å². The summed E-state index contributed by atoms with van der Waals surface area (Å²) in [7, 11) is 0. The molecule has 1 aromatic rings. The van der Waals surface area contributed by atoms with Gasteiger partial charge >= 0.3 is 0 Å². The van der Waals surface area contributed by atoms with Crippen LogP contribution in [-0.4, -0.2) is 150 Å². The molecule has 26 nitrogen and oxygen atoms in total. The fourth-order valence-corrected chi connectivity index (χ4v) is 17.6. The average Bonchev–Trinajstić information content (AvgIpc) is 0.834. The van der Waals surface area contributed by atoms with E-state index in [0.29, 0.717) is 167 Å². The van der Waals surface area contributed by atoms with Crippen LogP contribution in [0.3, 0.4) is 0 Å². The Balaban J connectivity index is 0.920. The van der Waals surface area contributed by atoms with Crippen LogP contribution in [0.15, 0.2) is 24.3 Å². The fourth-order valence-electron chi connectivity index (χ4n) is 17.6. The molecule has 19 N–H and O–H groups in total. The first-order chi connectivity index (χ1) is 51.2. The molecule has 1 aromatic carbocycles. The molecule has 0 aliphatic heterocycles. The van der Waals surface area contributed by atoms with Crippen LogP contribution < -0.4 is 76.1 Å². The van der Waals surface area contributed by atoms with Crippen molar-refractivity contribution in [3.8, 4) is 5.75 Å². The smallest absolute Gasteiger partial charge is 0.225 e. The molecular formula is C80H134N14O12. The molecule has 0 unspecified atom stereocenters. The van der Waals surface area contributed by atoms with Crippen LogP contribution in [0.1, 0.15) is 282 Å². The van der Waals surface area contributed by atoms with E-state index in [-0.39, 0.29) is 96.5 Å². The minimum Gasteiger partial charge on any atom is -0.508 e. The number of aromatic hydroxyl groups is 1. The Morgan fingerprint density at radius 3 is 0.981 bits per heavy atom. The highest BCUT2D eigenvalue weighted by Gasteiger charge is 2.42. The molecule has 11 amide bonds. The van der Waals surface area contributed by atoms with Crippen LogP contribution >= 0.6 is 0 Å². The van der Waals surface area contributed by atoms with Crippen molar-refractivity contribution >= 4 is 65.0 Å². The third kappa shape index (κ3) is 29.6. The predicted octanol–water partition coefficient (Wildman–Crippen LogP) is 6.33. The summed E-state index contributed by atoms with van der Waals surface area (Å²) in [5.74, 6) is -5.84. The normalized spacial score (nSPS) is 25.8. The van der Waals surface area contributed by atoms with Crippen LogP contribution in [0.2, 0.25) is 0 Å². The Morgan fingerprint density at radius 2 is 0.651 bits per heavy atom. The number of benzene rings is 1. The maximum Gasteiger partial charge on any atom is 0.225 e. The molecule has 0 bridgehead atoms. The molecule has 0 saturated heterocycles. The summed E-state index contributed by atoms with van der Waals surface area (Å²) in [5.41, 5.74) is 24.4. The number of amides is 11. The number of nitrogens with two attached hydrogens (primary N) is 4. The molecule has 7 rings (SSSR count). The maximum atomic E-state index is 14.6. The second-order valence-electron chi connectivity index (χ2n) is 31.9. The van der Waals surface area contributed by atoms with Crippen molar-refractivity contribution in [2.75, 3.05) is 19.6 Å². The summed E-state index contributed by atoms with van der Waals surface area (Å²) < 4.78 is 0. The van der Waals surface area contributed by atoms with E-state index in [0.717, 1.165) is 108 Å². The highest BCUT2D eigenvalue weighted by molar-refractivity contribution is 5.88. The van der Waals surface area contributed by atoms with Crippen molar-refractivity contribution in [1.29, 1.82) is 0 Å². The van der Waals surface area contributed by atoms with E-state index < -0.39 is 95.8 Å². The summed E-state index contributed by atoms with van der Waals surface area (Å²) in [6.45, 7) is 3.43. The van der Waals surface area contributed by atoms with Crippen molar-refractivity contribution in [1.82, 2.24) is 53.2 Å². The van der Waals surface area contributed by atoms with Crippen molar-refractivity contribution in [3.63, 3.8) is 0 Å². The van der Waals surface area contributed by atoms with Crippen molar-refractivity contribution in [2.45, 2.75) is 343 Å². The second-order valence-corrected chi connectivity index (χ2v) is 31.9. The van der Waals surface area contributed by atoms with E-state index in [1.54, 1.807) is 24.3 Å². The second kappa shape index (κ2) is 47.1. The van der Waals surface area contributed by atoms with E-state index in [9.17, 15) is 57.8 Å².